The third-order valence-corrected chi connectivity index (χ3v) is 4.70. The van der Waals surface area contributed by atoms with Crippen LogP contribution in [0.2, 0.25) is 0 Å². The summed E-state index contributed by atoms with van der Waals surface area (Å²) < 4.78 is 61.6. The lowest BCUT2D eigenvalue weighted by molar-refractivity contribution is -0.137. The number of sulfonamides is 1. The van der Waals surface area contributed by atoms with Gasteiger partial charge in [0, 0.05) is 12.2 Å². The minimum absolute atomic E-state index is 0.193. The van der Waals surface area contributed by atoms with Gasteiger partial charge in [-0.05, 0) is 37.1 Å². The van der Waals surface area contributed by atoms with Crippen LogP contribution in [0.1, 0.15) is 18.4 Å². The van der Waals surface area contributed by atoms with Gasteiger partial charge >= 0.3 is 6.18 Å². The van der Waals surface area contributed by atoms with E-state index in [1.807, 2.05) is 0 Å². The Morgan fingerprint density at radius 3 is 2.36 bits per heavy atom. The van der Waals surface area contributed by atoms with Crippen molar-refractivity contribution in [2.45, 2.75) is 25.1 Å². The molecule has 0 aromatic heterocycles. The number of halogens is 3. The largest absolute Gasteiger partial charge is 0.416 e. The standard InChI is InChI=1S/C13H15F3N2O3S/c1-22(20,21)18-8-2-3-11(18)12(19)17-10-6-4-9(5-7-10)13(14,15)16/h4-7,11H,2-3,8H2,1H3,(H,17,19). The van der Waals surface area contributed by atoms with Crippen LogP contribution >= 0.6 is 0 Å². The Balaban J connectivity index is 2.09. The molecule has 1 unspecified atom stereocenters. The van der Waals surface area contributed by atoms with E-state index in [9.17, 15) is 26.4 Å². The van der Waals surface area contributed by atoms with Crippen molar-refractivity contribution in [1.29, 1.82) is 0 Å². The molecule has 1 saturated heterocycles. The molecule has 1 aromatic carbocycles. The van der Waals surface area contributed by atoms with Crippen LogP contribution in [-0.2, 0) is 21.0 Å². The zero-order chi connectivity index (χ0) is 16.5. The minimum atomic E-state index is -4.44. The van der Waals surface area contributed by atoms with Gasteiger partial charge in [0.15, 0.2) is 0 Å². The van der Waals surface area contributed by atoms with Crippen LogP contribution in [0, 0.1) is 0 Å². The van der Waals surface area contributed by atoms with E-state index in [2.05, 4.69) is 5.32 Å². The summed E-state index contributed by atoms with van der Waals surface area (Å²) in [5.41, 5.74) is -0.623. The molecule has 1 fully saturated rings. The van der Waals surface area contributed by atoms with Crippen LogP contribution in [0.15, 0.2) is 24.3 Å². The van der Waals surface area contributed by atoms with Crippen LogP contribution in [0.3, 0.4) is 0 Å². The number of hydrogen-bond donors (Lipinski definition) is 1. The van der Waals surface area contributed by atoms with Gasteiger partial charge in [0.1, 0.15) is 6.04 Å². The van der Waals surface area contributed by atoms with E-state index in [-0.39, 0.29) is 12.2 Å². The van der Waals surface area contributed by atoms with Crippen molar-refractivity contribution in [2.24, 2.45) is 0 Å². The normalized spacial score (nSPS) is 20.1. The van der Waals surface area contributed by atoms with E-state index >= 15 is 0 Å². The predicted octanol–water partition coefficient (Wildman–Crippen LogP) is 2.07. The molecular formula is C13H15F3N2O3S. The first-order valence-electron chi connectivity index (χ1n) is 6.54. The highest BCUT2D eigenvalue weighted by atomic mass is 32.2. The molecule has 0 radical (unpaired) electrons. The summed E-state index contributed by atoms with van der Waals surface area (Å²) >= 11 is 0. The van der Waals surface area contributed by atoms with Gasteiger partial charge in [-0.1, -0.05) is 0 Å². The summed E-state index contributed by atoms with van der Waals surface area (Å²) in [5, 5.41) is 2.45. The molecule has 2 rings (SSSR count). The summed E-state index contributed by atoms with van der Waals surface area (Å²) in [4.78, 5) is 12.1. The fraction of sp³-hybridized carbons (Fsp3) is 0.462. The SMILES string of the molecule is CS(=O)(=O)N1CCCC1C(=O)Nc1ccc(C(F)(F)F)cc1. The summed E-state index contributed by atoms with van der Waals surface area (Å²) in [6.07, 6.45) is -2.46. The molecule has 1 aliphatic rings. The maximum atomic E-state index is 12.4. The highest BCUT2D eigenvalue weighted by molar-refractivity contribution is 7.88. The highest BCUT2D eigenvalue weighted by Gasteiger charge is 2.36. The first-order valence-corrected chi connectivity index (χ1v) is 8.39. The van der Waals surface area contributed by atoms with Crippen molar-refractivity contribution in [2.75, 3.05) is 18.1 Å². The van der Waals surface area contributed by atoms with E-state index in [0.717, 1.165) is 34.8 Å². The lowest BCUT2D eigenvalue weighted by atomic mass is 10.2. The van der Waals surface area contributed by atoms with E-state index in [1.54, 1.807) is 0 Å². The van der Waals surface area contributed by atoms with Crippen molar-refractivity contribution >= 4 is 21.6 Å². The first kappa shape index (κ1) is 16.8. The summed E-state index contributed by atoms with van der Waals surface area (Å²) in [5.74, 6) is -0.539. The molecule has 122 valence electrons. The molecule has 1 N–H and O–H groups in total. The zero-order valence-corrected chi connectivity index (χ0v) is 12.5. The average molecular weight is 336 g/mol. The van der Waals surface area contributed by atoms with E-state index in [4.69, 9.17) is 0 Å². The monoisotopic (exact) mass is 336 g/mol. The molecular weight excluding hydrogens is 321 g/mol. The minimum Gasteiger partial charge on any atom is -0.325 e. The molecule has 0 spiro atoms. The molecule has 0 saturated carbocycles. The molecule has 1 atom stereocenters. The summed E-state index contributed by atoms with van der Waals surface area (Å²) in [6.45, 7) is 0.268. The number of benzene rings is 1. The number of carbonyl (C=O) groups excluding carboxylic acids is 1. The van der Waals surface area contributed by atoms with Crippen LogP contribution in [0.4, 0.5) is 18.9 Å². The Bertz CT molecular complexity index is 656. The fourth-order valence-electron chi connectivity index (χ4n) is 2.37. The molecule has 1 amide bonds. The van der Waals surface area contributed by atoms with E-state index in [1.165, 1.54) is 0 Å². The Morgan fingerprint density at radius 1 is 1.27 bits per heavy atom. The molecule has 5 nitrogen and oxygen atoms in total. The molecule has 1 heterocycles. The van der Waals surface area contributed by atoms with Crippen LogP contribution < -0.4 is 5.32 Å². The number of rotatable bonds is 3. The van der Waals surface area contributed by atoms with Gasteiger partial charge < -0.3 is 5.32 Å². The molecule has 22 heavy (non-hydrogen) atoms. The van der Waals surface area contributed by atoms with Crippen molar-refractivity contribution in [1.82, 2.24) is 4.31 Å². The van der Waals surface area contributed by atoms with Gasteiger partial charge in [0.2, 0.25) is 15.9 Å². The van der Waals surface area contributed by atoms with Gasteiger partial charge in [-0.2, -0.15) is 17.5 Å². The van der Waals surface area contributed by atoms with Crippen molar-refractivity contribution < 1.29 is 26.4 Å². The van der Waals surface area contributed by atoms with Crippen LogP contribution in [0.25, 0.3) is 0 Å². The van der Waals surface area contributed by atoms with Gasteiger partial charge in [-0.15, -0.1) is 0 Å². The van der Waals surface area contributed by atoms with Gasteiger partial charge in [0.05, 0.1) is 11.8 Å². The second-order valence-corrected chi connectivity index (χ2v) is 7.03. The quantitative estimate of drug-likeness (QED) is 0.919. The first-order chi connectivity index (χ1) is 10.1. The number of nitrogens with one attached hydrogen (secondary N) is 1. The topological polar surface area (TPSA) is 66.5 Å². The van der Waals surface area contributed by atoms with Crippen molar-refractivity contribution in [3.8, 4) is 0 Å². The summed E-state index contributed by atoms with van der Waals surface area (Å²) in [6, 6.07) is 3.18. The number of carbonyl (C=O) groups is 1. The fourth-order valence-corrected chi connectivity index (χ4v) is 3.49. The Morgan fingerprint density at radius 2 is 1.86 bits per heavy atom. The smallest absolute Gasteiger partial charge is 0.325 e. The number of anilines is 1. The van der Waals surface area contributed by atoms with E-state index < -0.39 is 33.7 Å². The van der Waals surface area contributed by atoms with Gasteiger partial charge in [-0.3, -0.25) is 4.79 Å². The van der Waals surface area contributed by atoms with Crippen molar-refractivity contribution in [3.05, 3.63) is 29.8 Å². The Kier molecular flexibility index (Phi) is 4.48. The Hall–Kier alpha value is -1.61. The second kappa shape index (κ2) is 5.88. The molecule has 1 aliphatic heterocycles. The lowest BCUT2D eigenvalue weighted by Crippen LogP contribution is -2.42. The second-order valence-electron chi connectivity index (χ2n) is 5.10. The number of amides is 1. The van der Waals surface area contributed by atoms with E-state index in [0.29, 0.717) is 12.8 Å². The maximum absolute atomic E-state index is 12.4. The maximum Gasteiger partial charge on any atom is 0.416 e. The third kappa shape index (κ3) is 3.77. The Labute approximate surface area is 126 Å². The number of nitrogens with zero attached hydrogens (tertiary/aromatic N) is 1. The average Bonchev–Trinajstić information content (AvgIpc) is 2.87. The van der Waals surface area contributed by atoms with Gasteiger partial charge in [0.25, 0.3) is 0 Å². The zero-order valence-electron chi connectivity index (χ0n) is 11.7. The number of hydrogen-bond acceptors (Lipinski definition) is 3. The lowest BCUT2D eigenvalue weighted by Gasteiger charge is -2.21. The molecule has 9 heteroatoms. The third-order valence-electron chi connectivity index (χ3n) is 3.41. The molecule has 0 aliphatic carbocycles. The van der Waals surface area contributed by atoms with Gasteiger partial charge in [-0.25, -0.2) is 8.42 Å². The molecule has 0 bridgehead atoms. The summed E-state index contributed by atoms with van der Waals surface area (Å²) in [7, 11) is -3.49. The van der Waals surface area contributed by atoms with Crippen LogP contribution in [0.5, 0.6) is 0 Å². The highest BCUT2D eigenvalue weighted by Crippen LogP contribution is 2.30. The van der Waals surface area contributed by atoms with Crippen LogP contribution in [-0.4, -0.2) is 37.5 Å². The molecule has 1 aromatic rings. The van der Waals surface area contributed by atoms with Crippen molar-refractivity contribution in [3.63, 3.8) is 0 Å². The number of alkyl halides is 3. The predicted molar refractivity (Wildman–Crippen MR) is 74.6 cm³/mol.